The predicted octanol–water partition coefficient (Wildman–Crippen LogP) is 3.21. The molecule has 1 aliphatic rings. The second kappa shape index (κ2) is 10.4. The molecule has 0 bridgehead atoms. The third-order valence-corrected chi connectivity index (χ3v) is 5.83. The number of aliphatic hydroxyl groups is 1. The van der Waals surface area contributed by atoms with E-state index < -0.39 is 0 Å². The first-order valence-electron chi connectivity index (χ1n) is 10.4. The number of carbonyl (C=O) groups is 1. The molecule has 0 atom stereocenters. The Balaban J connectivity index is 1.51. The number of aliphatic hydroxyl groups excluding tert-OH is 1. The van der Waals surface area contributed by atoms with Gasteiger partial charge in [0.15, 0.2) is 0 Å². The minimum Gasteiger partial charge on any atom is -0.496 e. The Morgan fingerprint density at radius 1 is 1.14 bits per heavy atom. The van der Waals surface area contributed by atoms with Gasteiger partial charge in [0.2, 0.25) is 0 Å². The van der Waals surface area contributed by atoms with E-state index in [1.165, 1.54) is 5.56 Å². The molecular weight excluding hydrogens is 364 g/mol. The molecule has 0 aromatic heterocycles. The van der Waals surface area contributed by atoms with Gasteiger partial charge in [-0.15, -0.1) is 0 Å². The summed E-state index contributed by atoms with van der Waals surface area (Å²) in [5.41, 5.74) is 3.05. The Labute approximate surface area is 173 Å². The van der Waals surface area contributed by atoms with Crippen molar-refractivity contribution in [3.63, 3.8) is 0 Å². The van der Waals surface area contributed by atoms with Gasteiger partial charge in [-0.1, -0.05) is 30.3 Å². The van der Waals surface area contributed by atoms with Crippen LogP contribution in [0.3, 0.4) is 0 Å². The average Bonchev–Trinajstić information content (AvgIpc) is 2.78. The number of hydrogen-bond acceptors (Lipinski definition) is 4. The second-order valence-corrected chi connectivity index (χ2v) is 7.89. The van der Waals surface area contributed by atoms with Gasteiger partial charge < -0.3 is 14.7 Å². The lowest BCUT2D eigenvalue weighted by atomic mass is 9.97. The second-order valence-electron chi connectivity index (χ2n) is 7.89. The standard InChI is InChI=1S/C24H32N2O3/c1-25(14-13-21-5-3-4-6-23(21)29-2)24(28)22-9-7-19(8-10-22)17-26-15-11-20(18-27)12-16-26/h3-10,20,27H,11-18H2,1-2H3. The number of para-hydroxylation sites is 1. The summed E-state index contributed by atoms with van der Waals surface area (Å²) in [4.78, 5) is 16.9. The van der Waals surface area contributed by atoms with Gasteiger partial charge >= 0.3 is 0 Å². The Hall–Kier alpha value is -2.37. The van der Waals surface area contributed by atoms with E-state index in [-0.39, 0.29) is 5.91 Å². The topological polar surface area (TPSA) is 53.0 Å². The van der Waals surface area contributed by atoms with Crippen LogP contribution in [-0.2, 0) is 13.0 Å². The first-order chi connectivity index (χ1) is 14.1. The number of amides is 1. The number of likely N-dealkylation sites (tertiary alicyclic amines) is 1. The molecule has 1 saturated heterocycles. The number of likely N-dealkylation sites (N-methyl/N-ethyl adjacent to an activating group) is 1. The molecular formula is C24H32N2O3. The maximum absolute atomic E-state index is 12.8. The van der Waals surface area contributed by atoms with Crippen LogP contribution in [0.2, 0.25) is 0 Å². The predicted molar refractivity (Wildman–Crippen MR) is 115 cm³/mol. The fourth-order valence-corrected chi connectivity index (χ4v) is 3.86. The van der Waals surface area contributed by atoms with Crippen molar-refractivity contribution in [2.45, 2.75) is 25.8 Å². The van der Waals surface area contributed by atoms with Crippen LogP contribution >= 0.6 is 0 Å². The van der Waals surface area contributed by atoms with Crippen LogP contribution in [0.5, 0.6) is 5.75 Å². The SMILES string of the molecule is COc1ccccc1CCN(C)C(=O)c1ccc(CN2CCC(CO)CC2)cc1. The lowest BCUT2D eigenvalue weighted by Gasteiger charge is -2.31. The third-order valence-electron chi connectivity index (χ3n) is 5.83. The van der Waals surface area contributed by atoms with E-state index in [0.29, 0.717) is 19.1 Å². The van der Waals surface area contributed by atoms with Crippen LogP contribution in [0.15, 0.2) is 48.5 Å². The lowest BCUT2D eigenvalue weighted by molar-refractivity contribution is 0.0796. The van der Waals surface area contributed by atoms with Crippen LogP contribution in [-0.4, -0.2) is 61.2 Å². The van der Waals surface area contributed by atoms with Gasteiger partial charge in [-0.3, -0.25) is 9.69 Å². The minimum atomic E-state index is 0.0372. The zero-order valence-electron chi connectivity index (χ0n) is 17.5. The van der Waals surface area contributed by atoms with Crippen LogP contribution < -0.4 is 4.74 Å². The Morgan fingerprint density at radius 2 is 1.83 bits per heavy atom. The van der Waals surface area contributed by atoms with Crippen LogP contribution in [0.1, 0.15) is 34.3 Å². The van der Waals surface area contributed by atoms with Crippen LogP contribution in [0.4, 0.5) is 0 Å². The largest absolute Gasteiger partial charge is 0.496 e. The highest BCUT2D eigenvalue weighted by Crippen LogP contribution is 2.20. The maximum atomic E-state index is 12.8. The van der Waals surface area contributed by atoms with E-state index >= 15 is 0 Å². The quantitative estimate of drug-likeness (QED) is 0.744. The zero-order valence-corrected chi connectivity index (χ0v) is 17.5. The first kappa shape index (κ1) is 21.3. The van der Waals surface area contributed by atoms with Crippen LogP contribution in [0, 0.1) is 5.92 Å². The normalized spacial score (nSPS) is 15.3. The van der Waals surface area contributed by atoms with Gasteiger partial charge in [0, 0.05) is 32.3 Å². The summed E-state index contributed by atoms with van der Waals surface area (Å²) in [6, 6.07) is 15.9. The fourth-order valence-electron chi connectivity index (χ4n) is 3.86. The fraction of sp³-hybridized carbons (Fsp3) is 0.458. The number of rotatable bonds is 8. The molecule has 1 N–H and O–H groups in total. The molecule has 1 amide bonds. The van der Waals surface area contributed by atoms with Crippen molar-refractivity contribution in [3.8, 4) is 5.75 Å². The highest BCUT2D eigenvalue weighted by molar-refractivity contribution is 5.94. The van der Waals surface area contributed by atoms with Crippen LogP contribution in [0.25, 0.3) is 0 Å². The molecule has 2 aromatic rings. The van der Waals surface area contributed by atoms with E-state index in [1.807, 2.05) is 43.4 Å². The smallest absolute Gasteiger partial charge is 0.253 e. The molecule has 0 radical (unpaired) electrons. The van der Waals surface area contributed by atoms with E-state index in [9.17, 15) is 9.90 Å². The monoisotopic (exact) mass is 396 g/mol. The molecule has 0 saturated carbocycles. The van der Waals surface area contributed by atoms with E-state index in [1.54, 1.807) is 12.0 Å². The van der Waals surface area contributed by atoms with Crippen molar-refractivity contribution in [2.75, 3.05) is 40.4 Å². The van der Waals surface area contributed by atoms with Gasteiger partial charge in [0.25, 0.3) is 5.91 Å². The highest BCUT2D eigenvalue weighted by Gasteiger charge is 2.18. The number of hydrogen-bond donors (Lipinski definition) is 1. The van der Waals surface area contributed by atoms with E-state index in [2.05, 4.69) is 17.0 Å². The number of nitrogens with zero attached hydrogens (tertiary/aromatic N) is 2. The Kier molecular flexibility index (Phi) is 7.67. The minimum absolute atomic E-state index is 0.0372. The molecule has 3 rings (SSSR count). The van der Waals surface area contributed by atoms with Crippen molar-refractivity contribution in [1.82, 2.24) is 9.80 Å². The molecule has 156 valence electrons. The number of ether oxygens (including phenoxy) is 1. The molecule has 29 heavy (non-hydrogen) atoms. The molecule has 1 heterocycles. The molecule has 0 spiro atoms. The van der Waals surface area contributed by atoms with Gasteiger partial charge in [-0.2, -0.15) is 0 Å². The summed E-state index contributed by atoms with van der Waals surface area (Å²) in [6.07, 6.45) is 2.88. The summed E-state index contributed by atoms with van der Waals surface area (Å²) in [5, 5.41) is 9.26. The van der Waals surface area contributed by atoms with Crippen molar-refractivity contribution in [3.05, 3.63) is 65.2 Å². The summed E-state index contributed by atoms with van der Waals surface area (Å²) in [6.45, 7) is 3.89. The third kappa shape index (κ3) is 5.81. The molecule has 1 aliphatic heterocycles. The van der Waals surface area contributed by atoms with Crippen molar-refractivity contribution in [1.29, 1.82) is 0 Å². The summed E-state index contributed by atoms with van der Waals surface area (Å²) >= 11 is 0. The summed E-state index contributed by atoms with van der Waals surface area (Å²) in [7, 11) is 3.51. The van der Waals surface area contributed by atoms with Gasteiger partial charge in [-0.25, -0.2) is 0 Å². The summed E-state index contributed by atoms with van der Waals surface area (Å²) in [5.74, 6) is 1.36. The highest BCUT2D eigenvalue weighted by atomic mass is 16.5. The van der Waals surface area contributed by atoms with Crippen molar-refractivity contribution >= 4 is 5.91 Å². The van der Waals surface area contributed by atoms with Gasteiger partial charge in [0.1, 0.15) is 5.75 Å². The zero-order chi connectivity index (χ0) is 20.6. The number of carbonyl (C=O) groups excluding carboxylic acids is 1. The Morgan fingerprint density at radius 3 is 2.48 bits per heavy atom. The van der Waals surface area contributed by atoms with Gasteiger partial charge in [-0.05, 0) is 67.6 Å². The molecule has 0 aliphatic carbocycles. The Bertz CT molecular complexity index is 783. The van der Waals surface area contributed by atoms with Crippen molar-refractivity contribution < 1.29 is 14.6 Å². The number of piperidine rings is 1. The molecule has 2 aromatic carbocycles. The average molecular weight is 397 g/mol. The van der Waals surface area contributed by atoms with Crippen molar-refractivity contribution in [2.24, 2.45) is 5.92 Å². The molecule has 5 nitrogen and oxygen atoms in total. The molecule has 0 unspecified atom stereocenters. The number of benzene rings is 2. The molecule has 5 heteroatoms. The van der Waals surface area contributed by atoms with E-state index in [4.69, 9.17) is 4.74 Å². The number of methoxy groups -OCH3 is 1. The molecule has 1 fully saturated rings. The van der Waals surface area contributed by atoms with Gasteiger partial charge in [0.05, 0.1) is 7.11 Å². The van der Waals surface area contributed by atoms with E-state index in [0.717, 1.165) is 55.8 Å². The lowest BCUT2D eigenvalue weighted by Crippen LogP contribution is -2.34. The maximum Gasteiger partial charge on any atom is 0.253 e. The summed E-state index contributed by atoms with van der Waals surface area (Å²) < 4.78 is 5.39. The first-order valence-corrected chi connectivity index (χ1v) is 10.4.